The van der Waals surface area contributed by atoms with E-state index in [1.165, 1.54) is 11.4 Å². The Labute approximate surface area is 174 Å². The lowest BCUT2D eigenvalue weighted by atomic mass is 9.98. The normalized spacial score (nSPS) is 17.8. The summed E-state index contributed by atoms with van der Waals surface area (Å²) < 4.78 is 30.1. The minimum Gasteiger partial charge on any atom is -0.490 e. The molecule has 1 unspecified atom stereocenters. The first-order chi connectivity index (χ1) is 13.9. The molecule has 3 rings (SSSR count). The van der Waals surface area contributed by atoms with Gasteiger partial charge in [0.05, 0.1) is 0 Å². The molecule has 2 N–H and O–H groups in total. The number of hydrogen-bond donors (Lipinski definition) is 1. The van der Waals surface area contributed by atoms with Gasteiger partial charge in [0.25, 0.3) is 0 Å². The Morgan fingerprint density at radius 3 is 2.21 bits per heavy atom. The molecule has 0 radical (unpaired) electrons. The highest BCUT2D eigenvalue weighted by Gasteiger charge is 2.51. The van der Waals surface area contributed by atoms with Crippen molar-refractivity contribution in [1.29, 1.82) is 0 Å². The molecule has 1 saturated heterocycles. The zero-order chi connectivity index (χ0) is 20.7. The van der Waals surface area contributed by atoms with Crippen LogP contribution in [0, 0.1) is 0 Å². The number of carbonyl (C=O) groups is 1. The van der Waals surface area contributed by atoms with Crippen LogP contribution in [0.3, 0.4) is 0 Å². The van der Waals surface area contributed by atoms with Crippen LogP contribution in [0.2, 0.25) is 0 Å². The monoisotopic (exact) mass is 436 g/mol. The fourth-order valence-electron chi connectivity index (χ4n) is 3.20. The van der Waals surface area contributed by atoms with Crippen molar-refractivity contribution < 1.29 is 23.6 Å². The van der Waals surface area contributed by atoms with Crippen molar-refractivity contribution in [3.63, 3.8) is 0 Å². The maximum absolute atomic E-state index is 13.5. The summed E-state index contributed by atoms with van der Waals surface area (Å²) in [6, 6.07) is 10.9. The predicted molar refractivity (Wildman–Crippen MR) is 113 cm³/mol. The Morgan fingerprint density at radius 1 is 1.10 bits per heavy atom. The summed E-state index contributed by atoms with van der Waals surface area (Å²) in [5.74, 6) is 0.924. The van der Waals surface area contributed by atoms with Crippen LogP contribution in [0.15, 0.2) is 53.7 Å². The van der Waals surface area contributed by atoms with Crippen molar-refractivity contribution in [2.75, 3.05) is 33.1 Å². The molecule has 0 spiro atoms. The summed E-state index contributed by atoms with van der Waals surface area (Å²) in [5.41, 5.74) is 5.66. The van der Waals surface area contributed by atoms with Crippen molar-refractivity contribution in [1.82, 2.24) is 4.98 Å². The van der Waals surface area contributed by atoms with Gasteiger partial charge in [-0.05, 0) is 55.9 Å². The first kappa shape index (κ1) is 21.7. The molecule has 1 aromatic heterocycles. The Balaban J connectivity index is 1.55. The fraction of sp³-hybridized carbons (Fsp3) is 0.400. The van der Waals surface area contributed by atoms with Crippen molar-refractivity contribution in [2.45, 2.75) is 22.9 Å². The number of pyridine rings is 1. The lowest BCUT2D eigenvalue weighted by molar-refractivity contribution is -0.122. The maximum Gasteiger partial charge on any atom is 0.232 e. The number of aromatic nitrogens is 1. The third-order valence-electron chi connectivity index (χ3n) is 4.93. The molecule has 1 aliphatic heterocycles. The summed E-state index contributed by atoms with van der Waals surface area (Å²) in [6.45, 7) is 3.25. The van der Waals surface area contributed by atoms with Gasteiger partial charge in [0.1, 0.15) is 29.9 Å². The number of hydrogen-bond acceptors (Lipinski definition) is 7. The van der Waals surface area contributed by atoms with Crippen molar-refractivity contribution in [3.8, 4) is 11.5 Å². The lowest BCUT2D eigenvalue weighted by Gasteiger charge is -2.38. The van der Waals surface area contributed by atoms with E-state index >= 15 is 0 Å². The number of benzene rings is 1. The van der Waals surface area contributed by atoms with Gasteiger partial charge in [-0.3, -0.25) is 9.78 Å². The molecule has 156 valence electrons. The molecule has 29 heavy (non-hydrogen) atoms. The van der Waals surface area contributed by atoms with Gasteiger partial charge in [0, 0.05) is 30.5 Å². The van der Waals surface area contributed by atoms with Crippen LogP contribution in [-0.2, 0) is 14.1 Å². The summed E-state index contributed by atoms with van der Waals surface area (Å²) in [4.78, 5) is 16.9. The molecular weight excluding hydrogens is 411 g/mol. The van der Waals surface area contributed by atoms with Crippen LogP contribution in [-0.4, -0.2) is 49.1 Å². The average Bonchev–Trinajstić information content (AvgIpc) is 2.73. The molecule has 1 aromatic carbocycles. The third-order valence-corrected chi connectivity index (χ3v) is 10.7. The number of nitrogens with two attached hydrogens (primary N) is 1. The van der Waals surface area contributed by atoms with Gasteiger partial charge in [-0.1, -0.05) is 11.4 Å². The van der Waals surface area contributed by atoms with Gasteiger partial charge in [-0.15, -0.1) is 0 Å². The van der Waals surface area contributed by atoms with E-state index in [9.17, 15) is 9.36 Å². The van der Waals surface area contributed by atoms with Gasteiger partial charge in [0.15, 0.2) is 6.34 Å². The maximum atomic E-state index is 13.5. The first-order valence-electron chi connectivity index (χ1n) is 9.33. The Hall–Kier alpha value is -2.02. The topological polar surface area (TPSA) is 101 Å². The molecule has 2 aromatic rings. The number of rotatable bonds is 9. The van der Waals surface area contributed by atoms with Crippen LogP contribution in [0.5, 0.6) is 11.5 Å². The summed E-state index contributed by atoms with van der Waals surface area (Å²) >= 11 is 1.23. The number of ether oxygens (including phenoxy) is 3. The highest BCUT2D eigenvalue weighted by molar-refractivity contribution is 8.58. The summed E-state index contributed by atoms with van der Waals surface area (Å²) in [5, 5.41) is -1.02. The van der Waals surface area contributed by atoms with Crippen LogP contribution in [0.25, 0.3) is 0 Å². The molecule has 1 aliphatic rings. The molecule has 1 amide bonds. The number of primary amides is 1. The molecule has 1 atom stereocenters. The van der Waals surface area contributed by atoms with Crippen molar-refractivity contribution in [2.24, 2.45) is 5.73 Å². The van der Waals surface area contributed by atoms with E-state index in [4.69, 9.17) is 19.9 Å². The molecule has 9 heteroatoms. The second kappa shape index (κ2) is 9.65. The molecule has 2 heterocycles. The minimum absolute atomic E-state index is 0.391. The highest BCUT2D eigenvalue weighted by atomic mass is 32.7. The fourth-order valence-corrected chi connectivity index (χ4v) is 8.34. The molecular formula is C20H25N2O5PS. The molecule has 0 saturated carbocycles. The van der Waals surface area contributed by atoms with Gasteiger partial charge in [-0.25, -0.2) is 0 Å². The van der Waals surface area contributed by atoms with Crippen LogP contribution < -0.4 is 15.2 Å². The van der Waals surface area contributed by atoms with Crippen molar-refractivity contribution >= 4 is 23.6 Å². The van der Waals surface area contributed by atoms with E-state index in [1.54, 1.807) is 31.2 Å². The second-order valence-electron chi connectivity index (χ2n) is 6.80. The quantitative estimate of drug-likeness (QED) is 0.474. The summed E-state index contributed by atoms with van der Waals surface area (Å²) in [6.07, 6.45) is 1.16. The molecule has 1 fully saturated rings. The lowest BCUT2D eigenvalue weighted by Crippen LogP contribution is -2.47. The van der Waals surface area contributed by atoms with Gasteiger partial charge >= 0.3 is 0 Å². The highest BCUT2D eigenvalue weighted by Crippen LogP contribution is 2.70. The van der Waals surface area contributed by atoms with Gasteiger partial charge in [0.2, 0.25) is 5.91 Å². The van der Waals surface area contributed by atoms with Crippen LogP contribution in [0.4, 0.5) is 0 Å². The van der Waals surface area contributed by atoms with E-state index in [1.807, 2.05) is 24.3 Å². The summed E-state index contributed by atoms with van der Waals surface area (Å²) in [7, 11) is 0. The van der Waals surface area contributed by atoms with Crippen LogP contribution in [0.1, 0.15) is 12.8 Å². The second-order valence-corrected chi connectivity index (χ2v) is 12.6. The smallest absolute Gasteiger partial charge is 0.232 e. The zero-order valence-corrected chi connectivity index (χ0v) is 18.0. The first-order valence-corrected chi connectivity index (χ1v) is 12.9. The van der Waals surface area contributed by atoms with E-state index < -0.39 is 17.4 Å². The average molecular weight is 436 g/mol. The number of nitrogens with zero attached hydrogens (tertiary/aromatic N) is 1. The SMILES string of the molecule is CP(=O)(Sc1ccc(OCCOc2ccncc2)cc1)C1(C(N)=O)CCOCC1. The zero-order valence-electron chi connectivity index (χ0n) is 16.3. The minimum atomic E-state index is -2.96. The molecule has 0 aliphatic carbocycles. The van der Waals surface area contributed by atoms with Crippen LogP contribution >= 0.6 is 17.7 Å². The number of carbonyl (C=O) groups excluding carboxylic acids is 1. The van der Waals surface area contributed by atoms with E-state index in [0.29, 0.717) is 45.0 Å². The van der Waals surface area contributed by atoms with E-state index in [2.05, 4.69) is 4.98 Å². The van der Waals surface area contributed by atoms with Crippen molar-refractivity contribution in [3.05, 3.63) is 48.8 Å². The Bertz CT molecular complexity index is 857. The van der Waals surface area contributed by atoms with Gasteiger partial charge in [-0.2, -0.15) is 0 Å². The number of amides is 1. The Kier molecular flexibility index (Phi) is 7.22. The standard InChI is InChI=1S/C20H25N2O5PS/c1-28(24,20(19(21)23)8-12-25-13-9-20)29-18-4-2-16(3-5-18)26-14-15-27-17-6-10-22-11-7-17/h2-7,10-11H,8-9,12-15H2,1H3,(H2,21,23). The van der Waals surface area contributed by atoms with E-state index in [-0.39, 0.29) is 0 Å². The van der Waals surface area contributed by atoms with E-state index in [0.717, 1.165) is 10.6 Å². The third kappa shape index (κ3) is 5.32. The predicted octanol–water partition coefficient (Wildman–Crippen LogP) is 3.57. The molecule has 7 nitrogen and oxygen atoms in total. The van der Waals surface area contributed by atoms with Gasteiger partial charge < -0.3 is 24.5 Å². The largest absolute Gasteiger partial charge is 0.490 e. The molecule has 0 bridgehead atoms. The Morgan fingerprint density at radius 2 is 1.66 bits per heavy atom.